The molecular weight excluding hydrogens is 256 g/mol. The number of hydrogen-bond acceptors (Lipinski definition) is 5. The van der Waals surface area contributed by atoms with Crippen molar-refractivity contribution < 1.29 is 5.11 Å². The summed E-state index contributed by atoms with van der Waals surface area (Å²) in [6.45, 7) is 1.79. The number of aromatic hydroxyl groups is 1. The van der Waals surface area contributed by atoms with Crippen LogP contribution in [0.1, 0.15) is 16.7 Å². The van der Waals surface area contributed by atoms with Crippen molar-refractivity contribution in [1.82, 2.24) is 4.98 Å². The molecule has 0 saturated carbocycles. The summed E-state index contributed by atoms with van der Waals surface area (Å²) in [4.78, 5) is 14.0. The molecule has 0 spiro atoms. The second-order valence-corrected chi connectivity index (χ2v) is 4.24. The Labute approximate surface area is 114 Å². The van der Waals surface area contributed by atoms with Gasteiger partial charge in [-0.25, -0.2) is 0 Å². The van der Waals surface area contributed by atoms with E-state index in [9.17, 15) is 15.2 Å². The summed E-state index contributed by atoms with van der Waals surface area (Å²) in [6.07, 6.45) is 0. The van der Waals surface area contributed by atoms with Gasteiger partial charge in [-0.2, -0.15) is 10.5 Å². The van der Waals surface area contributed by atoms with Crippen LogP contribution < -0.4 is 11.3 Å². The third kappa shape index (κ3) is 1.96. The van der Waals surface area contributed by atoms with Gasteiger partial charge in [0.1, 0.15) is 34.8 Å². The average Bonchev–Trinajstić information content (AvgIpc) is 2.41. The Bertz CT molecular complexity index is 838. The van der Waals surface area contributed by atoms with Gasteiger partial charge in [0, 0.05) is 11.1 Å². The maximum absolute atomic E-state index is 11.8. The van der Waals surface area contributed by atoms with Gasteiger partial charge in [0.25, 0.3) is 5.56 Å². The lowest BCUT2D eigenvalue weighted by Gasteiger charge is -2.11. The topological polar surface area (TPSA) is 127 Å². The fourth-order valence-corrected chi connectivity index (χ4v) is 1.96. The second kappa shape index (κ2) is 4.79. The van der Waals surface area contributed by atoms with Gasteiger partial charge in [0.2, 0.25) is 0 Å². The quantitative estimate of drug-likeness (QED) is 0.718. The lowest BCUT2D eigenvalue weighted by Crippen LogP contribution is -2.16. The van der Waals surface area contributed by atoms with E-state index in [4.69, 9.17) is 11.0 Å². The first-order chi connectivity index (χ1) is 9.49. The van der Waals surface area contributed by atoms with E-state index in [1.807, 2.05) is 6.07 Å². The van der Waals surface area contributed by atoms with E-state index in [1.54, 1.807) is 25.1 Å². The van der Waals surface area contributed by atoms with Crippen LogP contribution in [-0.4, -0.2) is 10.1 Å². The van der Waals surface area contributed by atoms with Crippen LogP contribution in [0.5, 0.6) is 5.75 Å². The smallest absolute Gasteiger partial charge is 0.268 e. The highest BCUT2D eigenvalue weighted by Gasteiger charge is 2.20. The minimum absolute atomic E-state index is 0.0398. The van der Waals surface area contributed by atoms with Crippen LogP contribution in [0.15, 0.2) is 23.0 Å². The molecule has 6 nitrogen and oxygen atoms in total. The summed E-state index contributed by atoms with van der Waals surface area (Å²) in [7, 11) is 0. The van der Waals surface area contributed by atoms with E-state index in [2.05, 4.69) is 4.98 Å². The second-order valence-electron chi connectivity index (χ2n) is 4.24. The number of aromatic nitrogens is 1. The maximum atomic E-state index is 11.8. The Kier molecular flexibility index (Phi) is 3.16. The van der Waals surface area contributed by atoms with Crippen LogP contribution in [0.3, 0.4) is 0 Å². The predicted molar refractivity (Wildman–Crippen MR) is 72.7 cm³/mol. The van der Waals surface area contributed by atoms with Crippen LogP contribution in [0.4, 0.5) is 5.82 Å². The molecule has 0 unspecified atom stereocenters. The van der Waals surface area contributed by atoms with Crippen LogP contribution in [0.25, 0.3) is 11.1 Å². The SMILES string of the molecule is Cc1ccc(O)c(-c2c(C#N)c(N)[nH]c(=O)c2C#N)c1. The number of rotatable bonds is 1. The molecule has 0 bridgehead atoms. The van der Waals surface area contributed by atoms with Crippen molar-refractivity contribution in [3.05, 3.63) is 45.2 Å². The molecule has 0 aliphatic heterocycles. The number of nitrogens with one attached hydrogen (secondary N) is 1. The fourth-order valence-electron chi connectivity index (χ4n) is 1.96. The molecule has 1 aromatic carbocycles. The number of phenolic OH excluding ortho intramolecular Hbond substituents is 1. The van der Waals surface area contributed by atoms with Gasteiger partial charge in [-0.1, -0.05) is 11.6 Å². The number of hydrogen-bond donors (Lipinski definition) is 3. The Morgan fingerprint density at radius 3 is 2.50 bits per heavy atom. The van der Waals surface area contributed by atoms with E-state index in [1.165, 1.54) is 6.07 Å². The first-order valence-corrected chi connectivity index (χ1v) is 5.65. The normalized spacial score (nSPS) is 9.75. The molecule has 20 heavy (non-hydrogen) atoms. The van der Waals surface area contributed by atoms with Crippen molar-refractivity contribution in [3.8, 4) is 29.0 Å². The highest BCUT2D eigenvalue weighted by Crippen LogP contribution is 2.34. The number of nitrogens with two attached hydrogens (primary N) is 1. The van der Waals surface area contributed by atoms with Crippen molar-refractivity contribution >= 4 is 5.82 Å². The summed E-state index contributed by atoms with van der Waals surface area (Å²) >= 11 is 0. The number of pyridine rings is 1. The monoisotopic (exact) mass is 266 g/mol. The number of nitrogens with zero attached hydrogens (tertiary/aromatic N) is 2. The number of nitriles is 2. The van der Waals surface area contributed by atoms with E-state index in [0.29, 0.717) is 0 Å². The third-order valence-electron chi connectivity index (χ3n) is 2.89. The van der Waals surface area contributed by atoms with E-state index >= 15 is 0 Å². The molecule has 0 saturated heterocycles. The Morgan fingerprint density at radius 1 is 1.25 bits per heavy atom. The molecule has 2 rings (SSSR count). The van der Waals surface area contributed by atoms with Crippen LogP contribution in [0.2, 0.25) is 0 Å². The van der Waals surface area contributed by atoms with Gasteiger partial charge < -0.3 is 15.8 Å². The molecule has 2 aromatic rings. The summed E-state index contributed by atoms with van der Waals surface area (Å²) in [6, 6.07) is 8.30. The standard InChI is InChI=1S/C14H10N4O2/c1-7-2-3-11(19)8(4-7)12-9(5-15)13(17)18-14(20)10(12)6-16/h2-4,19H,1H3,(H3,17,18,20). The van der Waals surface area contributed by atoms with Crippen molar-refractivity contribution in [1.29, 1.82) is 10.5 Å². The first kappa shape index (κ1) is 13.2. The number of anilines is 1. The molecule has 0 radical (unpaired) electrons. The highest BCUT2D eigenvalue weighted by atomic mass is 16.3. The van der Waals surface area contributed by atoms with Gasteiger partial charge in [0.15, 0.2) is 0 Å². The lowest BCUT2D eigenvalue weighted by atomic mass is 9.95. The van der Waals surface area contributed by atoms with Crippen molar-refractivity contribution in [3.63, 3.8) is 0 Å². The molecule has 6 heteroatoms. The van der Waals surface area contributed by atoms with Crippen LogP contribution in [0, 0.1) is 29.6 Å². The van der Waals surface area contributed by atoms with Crippen molar-refractivity contribution in [2.45, 2.75) is 6.92 Å². The van der Waals surface area contributed by atoms with Crippen molar-refractivity contribution in [2.75, 3.05) is 5.73 Å². The number of aromatic amines is 1. The molecule has 0 aliphatic rings. The molecule has 0 fully saturated rings. The van der Waals surface area contributed by atoms with E-state index < -0.39 is 5.56 Å². The minimum Gasteiger partial charge on any atom is -0.507 e. The van der Waals surface area contributed by atoms with Gasteiger partial charge in [-0.05, 0) is 19.1 Å². The van der Waals surface area contributed by atoms with Gasteiger partial charge >= 0.3 is 0 Å². The largest absolute Gasteiger partial charge is 0.507 e. The molecule has 0 amide bonds. The number of benzene rings is 1. The van der Waals surface area contributed by atoms with Crippen LogP contribution in [-0.2, 0) is 0 Å². The minimum atomic E-state index is -0.695. The van der Waals surface area contributed by atoms with Gasteiger partial charge in [-0.3, -0.25) is 4.79 Å². The Balaban J connectivity index is 3.00. The molecule has 1 aromatic heterocycles. The van der Waals surface area contributed by atoms with Gasteiger partial charge in [0.05, 0.1) is 0 Å². The average molecular weight is 266 g/mol. The Hall–Kier alpha value is -3.25. The molecule has 0 atom stereocenters. The Morgan fingerprint density at radius 2 is 1.90 bits per heavy atom. The van der Waals surface area contributed by atoms with Crippen LogP contribution >= 0.6 is 0 Å². The molecular formula is C14H10N4O2. The summed E-state index contributed by atoms with van der Waals surface area (Å²) < 4.78 is 0. The molecule has 4 N–H and O–H groups in total. The highest BCUT2D eigenvalue weighted by molar-refractivity contribution is 5.83. The first-order valence-electron chi connectivity index (χ1n) is 5.65. The zero-order valence-electron chi connectivity index (χ0n) is 10.6. The zero-order valence-corrected chi connectivity index (χ0v) is 10.6. The van der Waals surface area contributed by atoms with Crippen molar-refractivity contribution in [2.24, 2.45) is 0 Å². The number of nitrogen functional groups attached to an aromatic ring is 1. The predicted octanol–water partition coefficient (Wildman–Crippen LogP) is 1.38. The maximum Gasteiger partial charge on any atom is 0.268 e. The summed E-state index contributed by atoms with van der Waals surface area (Å²) in [5.74, 6) is -0.263. The summed E-state index contributed by atoms with van der Waals surface area (Å²) in [5, 5.41) is 28.3. The summed E-state index contributed by atoms with van der Waals surface area (Å²) in [5.41, 5.74) is 5.72. The molecule has 1 heterocycles. The van der Waals surface area contributed by atoms with E-state index in [-0.39, 0.29) is 33.8 Å². The number of H-pyrrole nitrogens is 1. The fraction of sp³-hybridized carbons (Fsp3) is 0.0714. The number of phenols is 1. The van der Waals surface area contributed by atoms with Gasteiger partial charge in [-0.15, -0.1) is 0 Å². The zero-order chi connectivity index (χ0) is 14.9. The third-order valence-corrected chi connectivity index (χ3v) is 2.89. The number of aryl methyl sites for hydroxylation is 1. The molecule has 0 aliphatic carbocycles. The lowest BCUT2D eigenvalue weighted by molar-refractivity contribution is 0.477. The molecule has 98 valence electrons. The van der Waals surface area contributed by atoms with E-state index in [0.717, 1.165) is 5.56 Å².